The van der Waals surface area contributed by atoms with Gasteiger partial charge in [0.2, 0.25) is 5.95 Å². The highest BCUT2D eigenvalue weighted by atomic mass is 15.3. The predicted molar refractivity (Wildman–Crippen MR) is 94.0 cm³/mol. The highest BCUT2D eigenvalue weighted by Crippen LogP contribution is 2.22. The third-order valence-corrected chi connectivity index (χ3v) is 4.41. The van der Waals surface area contributed by atoms with Crippen LogP contribution in [0.3, 0.4) is 0 Å². The molecular weight excluding hydrogens is 286 g/mol. The second kappa shape index (κ2) is 7.90. The molecule has 2 aromatic rings. The normalized spacial score (nSPS) is 15.9. The zero-order valence-electron chi connectivity index (χ0n) is 13.8. The van der Waals surface area contributed by atoms with Crippen molar-refractivity contribution in [2.75, 3.05) is 10.6 Å². The fourth-order valence-corrected chi connectivity index (χ4v) is 3.12. The van der Waals surface area contributed by atoms with Gasteiger partial charge in [-0.05, 0) is 30.9 Å². The number of hydrogen-bond acceptors (Lipinski definition) is 5. The molecule has 0 spiro atoms. The molecule has 0 radical (unpaired) electrons. The Morgan fingerprint density at radius 2 is 1.87 bits per heavy atom. The Morgan fingerprint density at radius 1 is 1.09 bits per heavy atom. The molecule has 0 amide bonds. The van der Waals surface area contributed by atoms with Crippen LogP contribution in [0.15, 0.2) is 30.5 Å². The Morgan fingerprint density at radius 3 is 2.65 bits per heavy atom. The largest absolute Gasteiger partial charge is 0.350 e. The lowest BCUT2D eigenvalue weighted by Gasteiger charge is -2.16. The quantitative estimate of drug-likeness (QED) is 0.806. The first kappa shape index (κ1) is 15.7. The highest BCUT2D eigenvalue weighted by molar-refractivity contribution is 5.60. The summed E-state index contributed by atoms with van der Waals surface area (Å²) in [5.41, 5.74) is 2.35. The van der Waals surface area contributed by atoms with E-state index < -0.39 is 0 Å². The van der Waals surface area contributed by atoms with Gasteiger partial charge in [-0.25, -0.2) is 0 Å². The van der Waals surface area contributed by atoms with Gasteiger partial charge in [0.05, 0.1) is 6.20 Å². The molecular formula is C18H25N5. The standard InChI is InChI=1S/C18H25N5/c1-2-14-9-7-8-12-16(14)21-17-13-19-23-18(22-17)20-15-10-5-3-4-6-11-15/h7-9,12-13,15H,2-6,10-11H2,1H3,(H2,20,21,22,23). The molecule has 1 aliphatic rings. The molecule has 122 valence electrons. The Hall–Kier alpha value is -2.17. The smallest absolute Gasteiger partial charge is 0.244 e. The van der Waals surface area contributed by atoms with Crippen molar-refractivity contribution in [3.63, 3.8) is 0 Å². The van der Waals surface area contributed by atoms with E-state index in [4.69, 9.17) is 0 Å². The average molecular weight is 311 g/mol. The van der Waals surface area contributed by atoms with Crippen molar-refractivity contribution in [1.29, 1.82) is 0 Å². The lowest BCUT2D eigenvalue weighted by atomic mass is 10.1. The summed E-state index contributed by atoms with van der Waals surface area (Å²) in [5.74, 6) is 1.35. The van der Waals surface area contributed by atoms with Gasteiger partial charge in [-0.15, -0.1) is 5.10 Å². The predicted octanol–water partition coefficient (Wildman–Crippen LogP) is 4.31. The minimum Gasteiger partial charge on any atom is -0.350 e. The molecule has 0 atom stereocenters. The van der Waals surface area contributed by atoms with Crippen LogP contribution in [-0.4, -0.2) is 21.2 Å². The number of aryl methyl sites for hydroxylation is 1. The van der Waals surface area contributed by atoms with Crippen LogP contribution in [0.4, 0.5) is 17.5 Å². The number of para-hydroxylation sites is 1. The molecule has 1 aromatic carbocycles. The monoisotopic (exact) mass is 311 g/mol. The van der Waals surface area contributed by atoms with E-state index in [1.807, 2.05) is 6.07 Å². The molecule has 0 aliphatic heterocycles. The molecule has 1 heterocycles. The highest BCUT2D eigenvalue weighted by Gasteiger charge is 2.13. The summed E-state index contributed by atoms with van der Waals surface area (Å²) < 4.78 is 0. The summed E-state index contributed by atoms with van der Waals surface area (Å²) in [7, 11) is 0. The molecule has 23 heavy (non-hydrogen) atoms. The van der Waals surface area contributed by atoms with Gasteiger partial charge in [0.25, 0.3) is 0 Å². The molecule has 0 saturated heterocycles. The van der Waals surface area contributed by atoms with Gasteiger partial charge in [-0.3, -0.25) is 0 Å². The minimum atomic E-state index is 0.470. The number of hydrogen-bond donors (Lipinski definition) is 2. The molecule has 5 heteroatoms. The van der Waals surface area contributed by atoms with Crippen molar-refractivity contribution in [1.82, 2.24) is 15.2 Å². The number of nitrogens with zero attached hydrogens (tertiary/aromatic N) is 3. The van der Waals surface area contributed by atoms with Gasteiger partial charge in [-0.2, -0.15) is 10.1 Å². The third kappa shape index (κ3) is 4.41. The van der Waals surface area contributed by atoms with E-state index in [9.17, 15) is 0 Å². The van der Waals surface area contributed by atoms with Gasteiger partial charge in [-0.1, -0.05) is 50.8 Å². The molecule has 1 saturated carbocycles. The molecule has 5 nitrogen and oxygen atoms in total. The summed E-state index contributed by atoms with van der Waals surface area (Å²) in [5, 5.41) is 15.0. The van der Waals surface area contributed by atoms with E-state index in [2.05, 4.69) is 50.9 Å². The fourth-order valence-electron chi connectivity index (χ4n) is 3.12. The lowest BCUT2D eigenvalue weighted by molar-refractivity contribution is 0.613. The molecule has 2 N–H and O–H groups in total. The first-order valence-corrected chi connectivity index (χ1v) is 8.66. The van der Waals surface area contributed by atoms with Crippen molar-refractivity contribution in [2.45, 2.75) is 57.9 Å². The van der Waals surface area contributed by atoms with Gasteiger partial charge >= 0.3 is 0 Å². The van der Waals surface area contributed by atoms with E-state index in [-0.39, 0.29) is 0 Å². The Labute approximate surface area is 137 Å². The zero-order valence-corrected chi connectivity index (χ0v) is 13.8. The van der Waals surface area contributed by atoms with Crippen LogP contribution in [-0.2, 0) is 6.42 Å². The van der Waals surface area contributed by atoms with Crippen LogP contribution in [0.2, 0.25) is 0 Å². The SMILES string of the molecule is CCc1ccccc1Nc1cnnc(NC2CCCCCC2)n1. The Balaban J connectivity index is 1.69. The number of anilines is 3. The second-order valence-corrected chi connectivity index (χ2v) is 6.13. The van der Waals surface area contributed by atoms with Crippen LogP contribution in [0, 0.1) is 0 Å². The van der Waals surface area contributed by atoms with Crippen molar-refractivity contribution in [3.05, 3.63) is 36.0 Å². The number of nitrogens with one attached hydrogen (secondary N) is 2. The van der Waals surface area contributed by atoms with E-state index in [1.54, 1.807) is 6.20 Å². The molecule has 1 aromatic heterocycles. The van der Waals surface area contributed by atoms with E-state index in [0.717, 1.165) is 17.9 Å². The Bertz CT molecular complexity index is 620. The molecule has 0 unspecified atom stereocenters. The van der Waals surface area contributed by atoms with Crippen LogP contribution in [0.1, 0.15) is 51.0 Å². The molecule has 3 rings (SSSR count). The van der Waals surface area contributed by atoms with E-state index >= 15 is 0 Å². The summed E-state index contributed by atoms with van der Waals surface area (Å²) >= 11 is 0. The second-order valence-electron chi connectivity index (χ2n) is 6.13. The maximum Gasteiger partial charge on any atom is 0.244 e. The molecule has 0 bridgehead atoms. The summed E-state index contributed by atoms with van der Waals surface area (Å²) in [6, 6.07) is 8.75. The minimum absolute atomic E-state index is 0.470. The zero-order chi connectivity index (χ0) is 15.9. The van der Waals surface area contributed by atoms with E-state index in [1.165, 1.54) is 44.1 Å². The fraction of sp³-hybridized carbons (Fsp3) is 0.500. The summed E-state index contributed by atoms with van der Waals surface area (Å²) in [4.78, 5) is 4.57. The van der Waals surface area contributed by atoms with Gasteiger partial charge in [0.1, 0.15) is 0 Å². The maximum absolute atomic E-state index is 4.57. The van der Waals surface area contributed by atoms with Gasteiger partial charge < -0.3 is 10.6 Å². The summed E-state index contributed by atoms with van der Waals surface area (Å²) in [6.07, 6.45) is 10.3. The first-order valence-electron chi connectivity index (χ1n) is 8.66. The Kier molecular flexibility index (Phi) is 5.40. The first-order chi connectivity index (χ1) is 11.3. The van der Waals surface area contributed by atoms with Crippen molar-refractivity contribution < 1.29 is 0 Å². The van der Waals surface area contributed by atoms with Crippen LogP contribution in [0.25, 0.3) is 0 Å². The molecule has 1 fully saturated rings. The third-order valence-electron chi connectivity index (χ3n) is 4.41. The van der Waals surface area contributed by atoms with Gasteiger partial charge in [0.15, 0.2) is 5.82 Å². The van der Waals surface area contributed by atoms with Crippen LogP contribution >= 0.6 is 0 Å². The van der Waals surface area contributed by atoms with Gasteiger partial charge in [0, 0.05) is 11.7 Å². The average Bonchev–Trinajstić information content (AvgIpc) is 2.84. The van der Waals surface area contributed by atoms with Crippen molar-refractivity contribution in [2.24, 2.45) is 0 Å². The van der Waals surface area contributed by atoms with Crippen LogP contribution in [0.5, 0.6) is 0 Å². The number of aromatic nitrogens is 3. The van der Waals surface area contributed by atoms with Crippen LogP contribution < -0.4 is 10.6 Å². The molecule has 1 aliphatic carbocycles. The van der Waals surface area contributed by atoms with E-state index in [0.29, 0.717) is 12.0 Å². The lowest BCUT2D eigenvalue weighted by Crippen LogP contribution is -2.20. The maximum atomic E-state index is 4.57. The number of benzene rings is 1. The number of rotatable bonds is 5. The summed E-state index contributed by atoms with van der Waals surface area (Å²) in [6.45, 7) is 2.15. The topological polar surface area (TPSA) is 62.7 Å². The van der Waals surface area contributed by atoms with Crippen molar-refractivity contribution in [3.8, 4) is 0 Å². The van der Waals surface area contributed by atoms with Crippen molar-refractivity contribution >= 4 is 17.5 Å².